The van der Waals surface area contributed by atoms with E-state index in [0.717, 1.165) is 0 Å². The van der Waals surface area contributed by atoms with E-state index in [9.17, 15) is 9.90 Å². The number of nitrogens with zero attached hydrogens (tertiary/aromatic N) is 3. The van der Waals surface area contributed by atoms with E-state index in [-0.39, 0.29) is 24.7 Å². The molecule has 1 N–H and O–H groups in total. The maximum Gasteiger partial charge on any atom is 0.339 e. The second-order valence-corrected chi connectivity index (χ2v) is 4.18. The molecular formula is C12H11N3O5. The topological polar surface area (TPSA) is 95.7 Å². The number of fused-ring (bicyclic) bond motifs is 1. The Morgan fingerprint density at radius 1 is 1.45 bits per heavy atom. The lowest BCUT2D eigenvalue weighted by atomic mass is 10.2. The standard InChI is InChI=1S/C12H11N3O5/c1-15-4-7(13-14-15)5-18-9-3-11-10(19-6-20-11)2-8(9)12(16)17/h2-4H,5-6H2,1H3,(H,16,17). The van der Waals surface area contributed by atoms with E-state index in [2.05, 4.69) is 10.3 Å². The van der Waals surface area contributed by atoms with Crippen LogP contribution < -0.4 is 14.2 Å². The second kappa shape index (κ2) is 4.72. The number of aromatic nitrogens is 3. The summed E-state index contributed by atoms with van der Waals surface area (Å²) in [6.07, 6.45) is 1.69. The fourth-order valence-corrected chi connectivity index (χ4v) is 1.82. The molecule has 1 aliphatic heterocycles. The number of aryl methyl sites for hydroxylation is 1. The molecule has 1 aliphatic rings. The summed E-state index contributed by atoms with van der Waals surface area (Å²) in [5.74, 6) is -0.0387. The van der Waals surface area contributed by atoms with Crippen LogP contribution in [0.2, 0.25) is 0 Å². The van der Waals surface area contributed by atoms with Crippen LogP contribution in [0.15, 0.2) is 18.3 Å². The van der Waals surface area contributed by atoms with E-state index >= 15 is 0 Å². The second-order valence-electron chi connectivity index (χ2n) is 4.18. The van der Waals surface area contributed by atoms with E-state index < -0.39 is 5.97 Å². The van der Waals surface area contributed by atoms with Gasteiger partial charge >= 0.3 is 5.97 Å². The largest absolute Gasteiger partial charge is 0.486 e. The average molecular weight is 277 g/mol. The molecule has 20 heavy (non-hydrogen) atoms. The smallest absolute Gasteiger partial charge is 0.339 e. The van der Waals surface area contributed by atoms with Gasteiger partial charge in [-0.05, 0) is 0 Å². The number of hydrogen-bond acceptors (Lipinski definition) is 6. The van der Waals surface area contributed by atoms with E-state index in [1.165, 1.54) is 16.8 Å². The van der Waals surface area contributed by atoms with Crippen LogP contribution in [0.5, 0.6) is 17.2 Å². The molecule has 8 nitrogen and oxygen atoms in total. The first kappa shape index (κ1) is 12.3. The normalized spacial score (nSPS) is 12.4. The Morgan fingerprint density at radius 2 is 2.20 bits per heavy atom. The van der Waals surface area contributed by atoms with Gasteiger partial charge in [-0.3, -0.25) is 4.68 Å². The third kappa shape index (κ3) is 2.22. The monoisotopic (exact) mass is 277 g/mol. The quantitative estimate of drug-likeness (QED) is 0.883. The molecule has 0 radical (unpaired) electrons. The average Bonchev–Trinajstić information content (AvgIpc) is 3.03. The van der Waals surface area contributed by atoms with E-state index in [1.54, 1.807) is 13.2 Å². The van der Waals surface area contributed by atoms with Crippen molar-refractivity contribution in [1.82, 2.24) is 15.0 Å². The summed E-state index contributed by atoms with van der Waals surface area (Å²) in [6, 6.07) is 2.89. The molecule has 0 bridgehead atoms. The lowest BCUT2D eigenvalue weighted by Crippen LogP contribution is -2.04. The summed E-state index contributed by atoms with van der Waals surface area (Å²) in [7, 11) is 1.74. The third-order valence-corrected chi connectivity index (χ3v) is 2.73. The molecule has 104 valence electrons. The van der Waals surface area contributed by atoms with Gasteiger partial charge in [-0.25, -0.2) is 4.79 Å². The zero-order chi connectivity index (χ0) is 14.1. The molecule has 0 unspecified atom stereocenters. The van der Waals surface area contributed by atoms with Crippen molar-refractivity contribution in [1.29, 1.82) is 0 Å². The molecule has 2 heterocycles. The van der Waals surface area contributed by atoms with Crippen molar-refractivity contribution in [2.24, 2.45) is 7.05 Å². The van der Waals surface area contributed by atoms with Gasteiger partial charge in [-0.2, -0.15) is 0 Å². The molecule has 3 rings (SSSR count). The fourth-order valence-electron chi connectivity index (χ4n) is 1.82. The number of carboxylic acid groups (broad SMARTS) is 1. The van der Waals surface area contributed by atoms with Crippen LogP contribution in [0.1, 0.15) is 16.1 Å². The Labute approximate surface area is 113 Å². The van der Waals surface area contributed by atoms with Crippen molar-refractivity contribution in [3.63, 3.8) is 0 Å². The highest BCUT2D eigenvalue weighted by molar-refractivity contribution is 5.92. The first-order valence-electron chi connectivity index (χ1n) is 5.78. The van der Waals surface area contributed by atoms with E-state index in [1.807, 2.05) is 0 Å². The van der Waals surface area contributed by atoms with Gasteiger partial charge < -0.3 is 19.3 Å². The zero-order valence-corrected chi connectivity index (χ0v) is 10.6. The van der Waals surface area contributed by atoms with Crippen LogP contribution in [0.4, 0.5) is 0 Å². The SMILES string of the molecule is Cn1cc(COc2cc3c(cc2C(=O)O)OCO3)nn1. The van der Waals surface area contributed by atoms with E-state index in [0.29, 0.717) is 17.2 Å². The summed E-state index contributed by atoms with van der Waals surface area (Å²) in [6.45, 7) is 0.190. The third-order valence-electron chi connectivity index (χ3n) is 2.73. The maximum absolute atomic E-state index is 11.2. The molecule has 1 aromatic heterocycles. The van der Waals surface area contributed by atoms with Crippen molar-refractivity contribution in [2.75, 3.05) is 6.79 Å². The summed E-state index contributed by atoms with van der Waals surface area (Å²) in [4.78, 5) is 11.2. The molecule has 0 fully saturated rings. The minimum Gasteiger partial charge on any atom is -0.486 e. The van der Waals surface area contributed by atoms with Crippen molar-refractivity contribution >= 4 is 5.97 Å². The highest BCUT2D eigenvalue weighted by atomic mass is 16.7. The van der Waals surface area contributed by atoms with Crippen LogP contribution in [-0.4, -0.2) is 32.9 Å². The maximum atomic E-state index is 11.2. The Hall–Kier alpha value is -2.77. The number of benzene rings is 1. The molecule has 0 atom stereocenters. The van der Waals surface area contributed by atoms with Gasteiger partial charge in [0.25, 0.3) is 0 Å². The highest BCUT2D eigenvalue weighted by Crippen LogP contribution is 2.38. The highest BCUT2D eigenvalue weighted by Gasteiger charge is 2.21. The minimum atomic E-state index is -1.10. The number of carboxylic acids is 1. The number of carbonyl (C=O) groups is 1. The van der Waals surface area contributed by atoms with Gasteiger partial charge in [-0.15, -0.1) is 5.10 Å². The number of rotatable bonds is 4. The molecular weight excluding hydrogens is 266 g/mol. The molecule has 0 spiro atoms. The van der Waals surface area contributed by atoms with Crippen LogP contribution in [0.25, 0.3) is 0 Å². The Bertz CT molecular complexity index is 667. The van der Waals surface area contributed by atoms with Crippen LogP contribution in [0, 0.1) is 0 Å². The molecule has 2 aromatic rings. The summed E-state index contributed by atoms with van der Waals surface area (Å²) >= 11 is 0. The number of hydrogen-bond donors (Lipinski definition) is 1. The Kier molecular flexibility index (Phi) is 2.90. The molecule has 0 saturated carbocycles. The van der Waals surface area contributed by atoms with E-state index in [4.69, 9.17) is 14.2 Å². The lowest BCUT2D eigenvalue weighted by molar-refractivity contribution is 0.0691. The fraction of sp³-hybridized carbons (Fsp3) is 0.250. The van der Waals surface area contributed by atoms with Crippen molar-refractivity contribution in [3.05, 3.63) is 29.6 Å². The van der Waals surface area contributed by atoms with Gasteiger partial charge in [0.1, 0.15) is 23.6 Å². The molecule has 0 amide bonds. The molecule has 0 saturated heterocycles. The first-order chi connectivity index (χ1) is 9.63. The zero-order valence-electron chi connectivity index (χ0n) is 10.6. The number of ether oxygens (including phenoxy) is 3. The lowest BCUT2D eigenvalue weighted by Gasteiger charge is -2.08. The summed E-state index contributed by atoms with van der Waals surface area (Å²) < 4.78 is 17.4. The van der Waals surface area contributed by atoms with Crippen LogP contribution in [-0.2, 0) is 13.7 Å². The first-order valence-corrected chi connectivity index (χ1v) is 5.78. The molecule has 8 heteroatoms. The van der Waals surface area contributed by atoms with Gasteiger partial charge in [0.05, 0.1) is 6.20 Å². The van der Waals surface area contributed by atoms with Gasteiger partial charge in [0.15, 0.2) is 11.5 Å². The molecule has 1 aromatic carbocycles. The molecule has 0 aliphatic carbocycles. The Morgan fingerprint density at radius 3 is 2.85 bits per heavy atom. The van der Waals surface area contributed by atoms with Gasteiger partial charge in [-0.1, -0.05) is 5.21 Å². The number of aromatic carboxylic acids is 1. The predicted molar refractivity (Wildman–Crippen MR) is 64.9 cm³/mol. The summed E-state index contributed by atoms with van der Waals surface area (Å²) in [5.41, 5.74) is 0.611. The van der Waals surface area contributed by atoms with Crippen LogP contribution >= 0.6 is 0 Å². The minimum absolute atomic E-state index is 0.0122. The van der Waals surface area contributed by atoms with Gasteiger partial charge in [0.2, 0.25) is 6.79 Å². The summed E-state index contributed by atoms with van der Waals surface area (Å²) in [5, 5.41) is 16.8. The predicted octanol–water partition coefficient (Wildman–Crippen LogP) is 0.821. The van der Waals surface area contributed by atoms with Crippen molar-refractivity contribution in [3.8, 4) is 17.2 Å². The Balaban J connectivity index is 1.86. The van der Waals surface area contributed by atoms with Crippen molar-refractivity contribution in [2.45, 2.75) is 6.61 Å². The van der Waals surface area contributed by atoms with Crippen molar-refractivity contribution < 1.29 is 24.1 Å². The van der Waals surface area contributed by atoms with Gasteiger partial charge in [0, 0.05) is 19.2 Å². The van der Waals surface area contributed by atoms with Crippen LogP contribution in [0.3, 0.4) is 0 Å².